The van der Waals surface area contributed by atoms with E-state index in [1.165, 1.54) is 12.3 Å². The minimum absolute atomic E-state index is 0.00228. The SMILES string of the molecule is [2H]C(O)C=CN1C(=O)CCC1COCc1cccs1. The van der Waals surface area contributed by atoms with E-state index >= 15 is 0 Å². The number of carbonyl (C=O) groups excluding carboxylic acids is 1. The lowest BCUT2D eigenvalue weighted by atomic mass is 10.2. The van der Waals surface area contributed by atoms with E-state index in [1.54, 1.807) is 16.2 Å². The summed E-state index contributed by atoms with van der Waals surface area (Å²) in [7, 11) is 0. The number of hydrogen-bond acceptors (Lipinski definition) is 4. The van der Waals surface area contributed by atoms with Gasteiger partial charge in [-0.1, -0.05) is 6.07 Å². The Bertz CT molecular complexity index is 433. The molecule has 98 valence electrons. The molecule has 1 aromatic rings. The summed E-state index contributed by atoms with van der Waals surface area (Å²) in [5, 5.41) is 10.9. The predicted octanol–water partition coefficient (Wildman–Crippen LogP) is 1.76. The molecule has 1 N–H and O–H groups in total. The molecule has 1 aliphatic rings. The summed E-state index contributed by atoms with van der Waals surface area (Å²) >= 11 is 1.64. The van der Waals surface area contributed by atoms with E-state index in [1.807, 2.05) is 17.5 Å². The molecule has 0 aliphatic carbocycles. The van der Waals surface area contributed by atoms with E-state index in [0.717, 1.165) is 11.3 Å². The maximum absolute atomic E-state index is 11.7. The molecule has 0 saturated carbocycles. The molecule has 1 aliphatic heterocycles. The third kappa shape index (κ3) is 3.41. The van der Waals surface area contributed by atoms with Gasteiger partial charge in [0.15, 0.2) is 0 Å². The van der Waals surface area contributed by atoms with Gasteiger partial charge >= 0.3 is 0 Å². The van der Waals surface area contributed by atoms with Gasteiger partial charge in [0.25, 0.3) is 0 Å². The van der Waals surface area contributed by atoms with E-state index in [2.05, 4.69) is 0 Å². The van der Waals surface area contributed by atoms with Crippen LogP contribution in [0.15, 0.2) is 29.8 Å². The Labute approximate surface area is 112 Å². The number of amides is 1. The summed E-state index contributed by atoms with van der Waals surface area (Å²) < 4.78 is 12.6. The number of thiophene rings is 1. The van der Waals surface area contributed by atoms with Crippen LogP contribution in [0.5, 0.6) is 0 Å². The molecule has 2 unspecified atom stereocenters. The summed E-state index contributed by atoms with van der Waals surface area (Å²) in [5.41, 5.74) is 0. The lowest BCUT2D eigenvalue weighted by Crippen LogP contribution is -2.31. The minimum Gasteiger partial charge on any atom is -0.392 e. The van der Waals surface area contributed by atoms with Crippen LogP contribution in [-0.4, -0.2) is 35.1 Å². The number of likely N-dealkylation sites (tertiary alicyclic amines) is 1. The van der Waals surface area contributed by atoms with Crippen molar-refractivity contribution >= 4 is 17.2 Å². The van der Waals surface area contributed by atoms with Crippen molar-refractivity contribution in [1.29, 1.82) is 0 Å². The normalized spacial score (nSPS) is 22.7. The number of aliphatic hydroxyl groups excluding tert-OH is 1. The van der Waals surface area contributed by atoms with Gasteiger partial charge in [-0.25, -0.2) is 0 Å². The van der Waals surface area contributed by atoms with Crippen LogP contribution < -0.4 is 0 Å². The first-order valence-corrected chi connectivity index (χ1v) is 6.74. The molecular weight excluding hydrogens is 250 g/mol. The van der Waals surface area contributed by atoms with Crippen molar-refractivity contribution in [2.75, 3.05) is 13.2 Å². The molecule has 1 fully saturated rings. The van der Waals surface area contributed by atoms with Gasteiger partial charge in [0.2, 0.25) is 5.91 Å². The zero-order chi connectivity index (χ0) is 13.7. The summed E-state index contributed by atoms with van der Waals surface area (Å²) in [6.45, 7) is -0.260. The molecule has 0 radical (unpaired) electrons. The molecular formula is C13H17NO3S. The highest BCUT2D eigenvalue weighted by Gasteiger charge is 2.29. The first-order valence-electron chi connectivity index (χ1n) is 6.44. The van der Waals surface area contributed by atoms with Gasteiger partial charge in [0.1, 0.15) is 0 Å². The number of rotatable bonds is 6. The van der Waals surface area contributed by atoms with Crippen molar-refractivity contribution < 1.29 is 16.0 Å². The topological polar surface area (TPSA) is 49.8 Å². The Hall–Kier alpha value is -1.17. The second kappa shape index (κ2) is 6.68. The van der Waals surface area contributed by atoms with E-state index in [-0.39, 0.29) is 11.9 Å². The average molecular weight is 268 g/mol. The minimum atomic E-state index is -1.29. The summed E-state index contributed by atoms with van der Waals surface area (Å²) in [5.74, 6) is 0.0154. The maximum atomic E-state index is 11.7. The van der Waals surface area contributed by atoms with E-state index in [0.29, 0.717) is 19.6 Å². The highest BCUT2D eigenvalue weighted by molar-refractivity contribution is 7.09. The fraction of sp³-hybridized carbons (Fsp3) is 0.462. The Morgan fingerprint density at radius 1 is 1.72 bits per heavy atom. The molecule has 0 bridgehead atoms. The first kappa shape index (κ1) is 11.9. The van der Waals surface area contributed by atoms with Crippen LogP contribution in [0.3, 0.4) is 0 Å². The summed E-state index contributed by atoms with van der Waals surface area (Å²) in [6.07, 6.45) is 4.02. The van der Waals surface area contributed by atoms with Crippen LogP contribution in [0, 0.1) is 0 Å². The molecule has 18 heavy (non-hydrogen) atoms. The van der Waals surface area contributed by atoms with Gasteiger partial charge in [-0.3, -0.25) is 4.79 Å². The molecule has 2 heterocycles. The zero-order valence-corrected chi connectivity index (χ0v) is 10.8. The van der Waals surface area contributed by atoms with Crippen molar-refractivity contribution in [3.8, 4) is 0 Å². The molecule has 2 atom stereocenters. The van der Waals surface area contributed by atoms with Gasteiger partial charge in [0, 0.05) is 17.5 Å². The standard InChI is InChI=1S/C13H17NO3S/c15-7-2-6-14-11(4-5-13(14)16)9-17-10-12-3-1-8-18-12/h1-3,6,8,11,15H,4-5,7,9-10H2/i7D. The van der Waals surface area contributed by atoms with Crippen molar-refractivity contribution in [3.05, 3.63) is 34.7 Å². The zero-order valence-electron chi connectivity index (χ0n) is 11.0. The molecule has 1 saturated heterocycles. The summed E-state index contributed by atoms with van der Waals surface area (Å²) in [4.78, 5) is 14.4. The lowest BCUT2D eigenvalue weighted by Gasteiger charge is -2.20. The van der Waals surface area contributed by atoms with Crippen molar-refractivity contribution in [1.82, 2.24) is 4.90 Å². The van der Waals surface area contributed by atoms with E-state index < -0.39 is 6.58 Å². The smallest absolute Gasteiger partial charge is 0.226 e. The Kier molecular flexibility index (Phi) is 4.41. The van der Waals surface area contributed by atoms with Crippen molar-refractivity contribution in [3.63, 3.8) is 0 Å². The number of carbonyl (C=O) groups is 1. The fourth-order valence-corrected chi connectivity index (χ4v) is 2.59. The number of hydrogen-bond donors (Lipinski definition) is 1. The molecule has 2 rings (SSSR count). The van der Waals surface area contributed by atoms with Crippen molar-refractivity contribution in [2.24, 2.45) is 0 Å². The van der Waals surface area contributed by atoms with Gasteiger partial charge in [-0.2, -0.15) is 0 Å². The largest absolute Gasteiger partial charge is 0.392 e. The van der Waals surface area contributed by atoms with E-state index in [9.17, 15) is 4.79 Å². The van der Waals surface area contributed by atoms with Crippen molar-refractivity contribution in [2.45, 2.75) is 25.5 Å². The number of ether oxygens (including phenoxy) is 1. The van der Waals surface area contributed by atoms with Crippen LogP contribution in [0.2, 0.25) is 0 Å². The third-order valence-corrected chi connectivity index (χ3v) is 3.69. The van der Waals surface area contributed by atoms with Crippen LogP contribution in [0.25, 0.3) is 0 Å². The first-order chi connectivity index (χ1) is 9.16. The third-order valence-electron chi connectivity index (χ3n) is 2.84. The quantitative estimate of drug-likeness (QED) is 0.855. The predicted molar refractivity (Wildman–Crippen MR) is 70.1 cm³/mol. The average Bonchev–Trinajstić information content (AvgIpc) is 2.98. The molecule has 0 aromatic carbocycles. The van der Waals surface area contributed by atoms with Gasteiger partial charge in [-0.05, 0) is 23.9 Å². The Balaban J connectivity index is 1.82. The molecule has 4 nitrogen and oxygen atoms in total. The van der Waals surface area contributed by atoms with Crippen LogP contribution >= 0.6 is 11.3 Å². The number of aliphatic hydroxyl groups is 1. The van der Waals surface area contributed by atoms with Gasteiger partial charge in [0.05, 0.1) is 27.2 Å². The van der Waals surface area contributed by atoms with Gasteiger partial charge < -0.3 is 14.7 Å². The molecule has 5 heteroatoms. The van der Waals surface area contributed by atoms with Crippen LogP contribution in [0.4, 0.5) is 0 Å². The van der Waals surface area contributed by atoms with Crippen LogP contribution in [0.1, 0.15) is 19.1 Å². The summed E-state index contributed by atoms with van der Waals surface area (Å²) in [6, 6.07) is 3.99. The highest BCUT2D eigenvalue weighted by atomic mass is 32.1. The van der Waals surface area contributed by atoms with E-state index in [4.69, 9.17) is 11.2 Å². The Morgan fingerprint density at radius 3 is 3.33 bits per heavy atom. The number of nitrogens with zero attached hydrogens (tertiary/aromatic N) is 1. The van der Waals surface area contributed by atoms with Crippen LogP contribution in [-0.2, 0) is 16.1 Å². The monoisotopic (exact) mass is 268 g/mol. The lowest BCUT2D eigenvalue weighted by molar-refractivity contribution is -0.127. The highest BCUT2D eigenvalue weighted by Crippen LogP contribution is 2.20. The second-order valence-electron chi connectivity index (χ2n) is 4.08. The fourth-order valence-electron chi connectivity index (χ4n) is 1.95. The maximum Gasteiger partial charge on any atom is 0.226 e. The second-order valence-corrected chi connectivity index (χ2v) is 5.11. The molecule has 0 spiro atoms. The molecule has 1 amide bonds. The van der Waals surface area contributed by atoms with Gasteiger partial charge in [-0.15, -0.1) is 11.3 Å². The molecule has 1 aromatic heterocycles. The Morgan fingerprint density at radius 2 is 2.61 bits per heavy atom.